The van der Waals surface area contributed by atoms with Crippen molar-refractivity contribution in [2.75, 3.05) is 19.7 Å². The Morgan fingerprint density at radius 2 is 1.67 bits per heavy atom. The first kappa shape index (κ1) is 17.5. The zero-order valence-corrected chi connectivity index (χ0v) is 13.6. The van der Waals surface area contributed by atoms with Crippen molar-refractivity contribution in [1.82, 2.24) is 15.6 Å². The fraction of sp³-hybridized carbons (Fsp3) is 0.278. The minimum Gasteiger partial charge on any atom is -0.494 e. The van der Waals surface area contributed by atoms with Crippen molar-refractivity contribution in [1.29, 1.82) is 0 Å². The van der Waals surface area contributed by atoms with Crippen LogP contribution in [-0.4, -0.2) is 36.5 Å². The third kappa shape index (κ3) is 5.72. The summed E-state index contributed by atoms with van der Waals surface area (Å²) in [6.07, 6.45) is 3.42. The van der Waals surface area contributed by atoms with E-state index in [-0.39, 0.29) is 11.8 Å². The molecule has 6 heteroatoms. The lowest BCUT2D eigenvalue weighted by atomic mass is 10.1. The van der Waals surface area contributed by atoms with Gasteiger partial charge in [0.05, 0.1) is 13.0 Å². The van der Waals surface area contributed by atoms with Crippen molar-refractivity contribution in [3.05, 3.63) is 59.9 Å². The smallest absolute Gasteiger partial charge is 0.251 e. The molecule has 1 heterocycles. The van der Waals surface area contributed by atoms with Crippen LogP contribution in [0.5, 0.6) is 5.75 Å². The Morgan fingerprint density at radius 1 is 1.00 bits per heavy atom. The third-order valence-electron chi connectivity index (χ3n) is 3.27. The first-order chi connectivity index (χ1) is 11.7. The maximum Gasteiger partial charge on any atom is 0.251 e. The van der Waals surface area contributed by atoms with Crippen LogP contribution >= 0.6 is 0 Å². The van der Waals surface area contributed by atoms with E-state index in [4.69, 9.17) is 4.74 Å². The summed E-state index contributed by atoms with van der Waals surface area (Å²) >= 11 is 0. The number of aromatic nitrogens is 1. The van der Waals surface area contributed by atoms with Gasteiger partial charge in [0.15, 0.2) is 0 Å². The molecule has 0 radical (unpaired) electrons. The molecule has 2 amide bonds. The summed E-state index contributed by atoms with van der Waals surface area (Å²) in [6.45, 7) is 3.29. The summed E-state index contributed by atoms with van der Waals surface area (Å²) in [7, 11) is 0. The fourth-order valence-corrected chi connectivity index (χ4v) is 2.10. The summed E-state index contributed by atoms with van der Waals surface area (Å²) in [5.74, 6) is 0.524. The van der Waals surface area contributed by atoms with Crippen molar-refractivity contribution in [3.8, 4) is 5.75 Å². The van der Waals surface area contributed by atoms with E-state index in [9.17, 15) is 9.59 Å². The average Bonchev–Trinajstić information content (AvgIpc) is 2.61. The van der Waals surface area contributed by atoms with Crippen LogP contribution in [0, 0.1) is 0 Å². The maximum atomic E-state index is 11.9. The molecule has 0 saturated carbocycles. The molecule has 0 aliphatic rings. The van der Waals surface area contributed by atoms with E-state index in [1.165, 1.54) is 0 Å². The number of amides is 2. The third-order valence-corrected chi connectivity index (χ3v) is 3.27. The SMILES string of the molecule is CCOc1ccc(CC(=O)NCCNC(=O)c2ccncc2)cc1. The highest BCUT2D eigenvalue weighted by Crippen LogP contribution is 2.12. The summed E-state index contributed by atoms with van der Waals surface area (Å²) in [5.41, 5.74) is 1.46. The molecule has 0 saturated heterocycles. The molecule has 0 fully saturated rings. The number of pyridine rings is 1. The molecule has 24 heavy (non-hydrogen) atoms. The molecule has 2 rings (SSSR count). The standard InChI is InChI=1S/C18H21N3O3/c1-2-24-16-5-3-14(4-6-16)13-17(22)20-11-12-21-18(23)15-7-9-19-10-8-15/h3-10H,2,11-13H2,1H3,(H,20,22)(H,21,23). The predicted octanol–water partition coefficient (Wildman–Crippen LogP) is 1.57. The van der Waals surface area contributed by atoms with Gasteiger partial charge in [-0.2, -0.15) is 0 Å². The molecule has 2 aromatic rings. The fourth-order valence-electron chi connectivity index (χ4n) is 2.10. The van der Waals surface area contributed by atoms with Crippen LogP contribution in [0.25, 0.3) is 0 Å². The quantitative estimate of drug-likeness (QED) is 0.721. The van der Waals surface area contributed by atoms with Gasteiger partial charge in [0.1, 0.15) is 5.75 Å². The lowest BCUT2D eigenvalue weighted by Crippen LogP contribution is -2.35. The topological polar surface area (TPSA) is 80.3 Å². The van der Waals surface area contributed by atoms with Crippen molar-refractivity contribution >= 4 is 11.8 Å². The van der Waals surface area contributed by atoms with Gasteiger partial charge in [0.2, 0.25) is 5.91 Å². The Labute approximate surface area is 141 Å². The number of hydrogen-bond acceptors (Lipinski definition) is 4. The Bertz CT molecular complexity index is 657. The van der Waals surface area contributed by atoms with Gasteiger partial charge in [-0.1, -0.05) is 12.1 Å². The van der Waals surface area contributed by atoms with E-state index in [0.29, 0.717) is 31.7 Å². The molecule has 6 nitrogen and oxygen atoms in total. The minimum atomic E-state index is -0.182. The molecule has 0 bridgehead atoms. The van der Waals surface area contributed by atoms with Crippen molar-refractivity contribution in [3.63, 3.8) is 0 Å². The van der Waals surface area contributed by atoms with E-state index < -0.39 is 0 Å². The molecule has 0 aliphatic heterocycles. The average molecular weight is 327 g/mol. The number of nitrogens with zero attached hydrogens (tertiary/aromatic N) is 1. The largest absolute Gasteiger partial charge is 0.494 e. The predicted molar refractivity (Wildman–Crippen MR) is 90.9 cm³/mol. The second-order valence-corrected chi connectivity index (χ2v) is 5.10. The van der Waals surface area contributed by atoms with Crippen LogP contribution in [0.15, 0.2) is 48.8 Å². The van der Waals surface area contributed by atoms with E-state index in [1.807, 2.05) is 31.2 Å². The van der Waals surface area contributed by atoms with Gasteiger partial charge in [0.25, 0.3) is 5.91 Å². The van der Waals surface area contributed by atoms with Crippen LogP contribution < -0.4 is 15.4 Å². The highest BCUT2D eigenvalue weighted by molar-refractivity contribution is 5.93. The number of carbonyl (C=O) groups excluding carboxylic acids is 2. The normalized spacial score (nSPS) is 10.0. The Kier molecular flexibility index (Phi) is 6.76. The van der Waals surface area contributed by atoms with Gasteiger partial charge in [-0.25, -0.2) is 0 Å². The van der Waals surface area contributed by atoms with Crippen LogP contribution in [0.1, 0.15) is 22.8 Å². The summed E-state index contributed by atoms with van der Waals surface area (Å²) < 4.78 is 5.36. The van der Waals surface area contributed by atoms with Crippen molar-refractivity contribution in [2.24, 2.45) is 0 Å². The molecule has 0 unspecified atom stereocenters. The molecule has 126 valence electrons. The van der Waals surface area contributed by atoms with Crippen molar-refractivity contribution in [2.45, 2.75) is 13.3 Å². The first-order valence-corrected chi connectivity index (χ1v) is 7.85. The number of benzene rings is 1. The van der Waals surface area contributed by atoms with Crippen LogP contribution in [0.2, 0.25) is 0 Å². The van der Waals surface area contributed by atoms with Crippen molar-refractivity contribution < 1.29 is 14.3 Å². The summed E-state index contributed by atoms with van der Waals surface area (Å²) in [4.78, 5) is 27.5. The summed E-state index contributed by atoms with van der Waals surface area (Å²) in [6, 6.07) is 10.7. The lowest BCUT2D eigenvalue weighted by Gasteiger charge is -2.08. The second kappa shape index (κ2) is 9.29. The van der Waals surface area contributed by atoms with Crippen LogP contribution in [0.3, 0.4) is 0 Å². The van der Waals surface area contributed by atoms with Gasteiger partial charge < -0.3 is 15.4 Å². The number of ether oxygens (including phenoxy) is 1. The summed E-state index contributed by atoms with van der Waals surface area (Å²) in [5, 5.41) is 5.52. The zero-order chi connectivity index (χ0) is 17.2. The molecule has 2 N–H and O–H groups in total. The van der Waals surface area contributed by atoms with Gasteiger partial charge in [-0.15, -0.1) is 0 Å². The number of nitrogens with one attached hydrogen (secondary N) is 2. The first-order valence-electron chi connectivity index (χ1n) is 7.85. The molecule has 1 aromatic carbocycles. The minimum absolute atomic E-state index is 0.0858. The van der Waals surface area contributed by atoms with E-state index in [1.54, 1.807) is 24.5 Å². The zero-order valence-electron chi connectivity index (χ0n) is 13.6. The molecule has 0 atom stereocenters. The van der Waals surface area contributed by atoms with Gasteiger partial charge in [-0.3, -0.25) is 14.6 Å². The highest BCUT2D eigenvalue weighted by atomic mass is 16.5. The monoisotopic (exact) mass is 327 g/mol. The number of carbonyl (C=O) groups is 2. The van der Waals surface area contributed by atoms with E-state index in [2.05, 4.69) is 15.6 Å². The molecule has 1 aromatic heterocycles. The van der Waals surface area contributed by atoms with Gasteiger partial charge >= 0.3 is 0 Å². The highest BCUT2D eigenvalue weighted by Gasteiger charge is 2.05. The lowest BCUT2D eigenvalue weighted by molar-refractivity contribution is -0.120. The molecule has 0 aliphatic carbocycles. The molecule has 0 spiro atoms. The van der Waals surface area contributed by atoms with E-state index in [0.717, 1.165) is 11.3 Å². The Balaban J connectivity index is 1.67. The van der Waals surface area contributed by atoms with Crippen LogP contribution in [0.4, 0.5) is 0 Å². The van der Waals surface area contributed by atoms with Gasteiger partial charge in [0, 0.05) is 31.0 Å². The molecular formula is C18H21N3O3. The number of hydrogen-bond donors (Lipinski definition) is 2. The Morgan fingerprint density at radius 3 is 2.33 bits per heavy atom. The molecular weight excluding hydrogens is 306 g/mol. The van der Waals surface area contributed by atoms with Gasteiger partial charge in [-0.05, 0) is 36.8 Å². The maximum absolute atomic E-state index is 11.9. The number of rotatable bonds is 8. The van der Waals surface area contributed by atoms with Crippen LogP contribution in [-0.2, 0) is 11.2 Å². The second-order valence-electron chi connectivity index (χ2n) is 5.10. The van der Waals surface area contributed by atoms with E-state index >= 15 is 0 Å². The Hall–Kier alpha value is -2.89.